The van der Waals surface area contributed by atoms with Crippen LogP contribution in [0.25, 0.3) is 0 Å². The van der Waals surface area contributed by atoms with Gasteiger partial charge in [0.1, 0.15) is 0 Å². The molecular weight excluding hydrogens is 358 g/mol. The predicted octanol–water partition coefficient (Wildman–Crippen LogP) is 2.06. The summed E-state index contributed by atoms with van der Waals surface area (Å²) in [5, 5.41) is 12.4. The Hall–Kier alpha value is -0.820. The number of carbonyl (C=O) groups excluding carboxylic acids is 1. The first-order valence-corrected chi connectivity index (χ1v) is 7.10. The van der Waals surface area contributed by atoms with E-state index in [1.165, 1.54) is 12.1 Å². The minimum Gasteiger partial charge on any atom is -0.398 e. The lowest BCUT2D eigenvalue weighted by Crippen LogP contribution is -2.35. The molecule has 0 fully saturated rings. The smallest absolute Gasteiger partial charge is 0.251 e. The van der Waals surface area contributed by atoms with E-state index in [1.54, 1.807) is 0 Å². The molecule has 0 heterocycles. The quantitative estimate of drug-likeness (QED) is 0.633. The predicted molar refractivity (Wildman–Crippen MR) is 92.2 cm³/mol. The van der Waals surface area contributed by atoms with Gasteiger partial charge in [0.05, 0.1) is 17.3 Å². The average molecular weight is 381 g/mol. The second kappa shape index (κ2) is 10.00. The summed E-state index contributed by atoms with van der Waals surface area (Å²) in [6.45, 7) is 7.14. The van der Waals surface area contributed by atoms with Crippen molar-refractivity contribution in [3.63, 3.8) is 0 Å². The zero-order chi connectivity index (χ0) is 15.1. The number of hydrogen-bond acceptors (Lipinski definition) is 4. The largest absolute Gasteiger partial charge is 0.398 e. The minimum atomic E-state index is -0.250. The van der Waals surface area contributed by atoms with E-state index in [0.29, 0.717) is 28.4 Å². The van der Waals surface area contributed by atoms with Crippen molar-refractivity contribution in [3.05, 3.63) is 28.3 Å². The van der Waals surface area contributed by atoms with Crippen LogP contribution >= 0.6 is 28.6 Å². The van der Waals surface area contributed by atoms with Crippen LogP contribution in [0, 0.1) is 0 Å². The van der Waals surface area contributed by atoms with Gasteiger partial charge in [-0.15, -0.1) is 17.0 Å². The number of anilines is 1. The third-order valence-electron chi connectivity index (χ3n) is 3.25. The average Bonchev–Trinajstić information content (AvgIpc) is 2.45. The van der Waals surface area contributed by atoms with Gasteiger partial charge in [-0.3, -0.25) is 4.79 Å². The molecule has 0 radical (unpaired) electrons. The lowest BCUT2D eigenvalue weighted by atomic mass is 10.1. The molecule has 0 atom stereocenters. The van der Waals surface area contributed by atoms with E-state index in [2.05, 4.69) is 24.1 Å². The number of likely N-dealkylation sites (N-methyl/N-ethyl adjacent to an activating group) is 1. The van der Waals surface area contributed by atoms with Gasteiger partial charge in [0.2, 0.25) is 0 Å². The van der Waals surface area contributed by atoms with Crippen molar-refractivity contribution in [1.82, 2.24) is 10.2 Å². The Kier molecular flexibility index (Phi) is 9.61. The van der Waals surface area contributed by atoms with E-state index in [-0.39, 0.29) is 29.5 Å². The Bertz CT molecular complexity index is 468. The van der Waals surface area contributed by atoms with Crippen LogP contribution in [0.15, 0.2) is 12.1 Å². The van der Waals surface area contributed by atoms with E-state index in [4.69, 9.17) is 17.3 Å². The monoisotopic (exact) mass is 379 g/mol. The normalized spacial score (nSPS) is 10.3. The van der Waals surface area contributed by atoms with Crippen LogP contribution in [0.4, 0.5) is 5.69 Å². The lowest BCUT2D eigenvalue weighted by molar-refractivity contribution is 0.0946. The maximum Gasteiger partial charge on any atom is 0.251 e. The molecule has 1 amide bonds. The highest BCUT2D eigenvalue weighted by Crippen LogP contribution is 2.23. The van der Waals surface area contributed by atoms with Crippen molar-refractivity contribution in [2.75, 3.05) is 31.9 Å². The van der Waals surface area contributed by atoms with Crippen LogP contribution in [0.2, 0.25) is 5.02 Å². The summed E-state index contributed by atoms with van der Waals surface area (Å²) < 4.78 is 0. The molecule has 4 N–H and O–H groups in total. The first-order chi connectivity index (χ1) is 9.53. The van der Waals surface area contributed by atoms with Gasteiger partial charge in [0.25, 0.3) is 5.91 Å². The SMILES string of the molecule is Br.CCN(CC)CCNC(=O)c1cc(Cl)c(N)cc1CO. The Morgan fingerprint density at radius 1 is 1.38 bits per heavy atom. The van der Waals surface area contributed by atoms with Crippen LogP contribution in [0.1, 0.15) is 29.8 Å². The first-order valence-electron chi connectivity index (χ1n) is 6.72. The number of nitrogens with two attached hydrogens (primary N) is 1. The molecule has 0 spiro atoms. The number of benzene rings is 1. The molecule has 120 valence electrons. The number of rotatable bonds is 7. The molecule has 0 aliphatic heterocycles. The van der Waals surface area contributed by atoms with E-state index in [9.17, 15) is 9.90 Å². The van der Waals surface area contributed by atoms with Gasteiger partial charge in [-0.25, -0.2) is 0 Å². The summed E-state index contributed by atoms with van der Waals surface area (Å²) >= 11 is 5.92. The summed E-state index contributed by atoms with van der Waals surface area (Å²) in [5.41, 5.74) is 6.86. The Morgan fingerprint density at radius 3 is 2.52 bits per heavy atom. The fraction of sp³-hybridized carbons (Fsp3) is 0.500. The lowest BCUT2D eigenvalue weighted by Gasteiger charge is -2.18. The third-order valence-corrected chi connectivity index (χ3v) is 3.57. The molecule has 0 aliphatic carbocycles. The number of nitrogens with zero attached hydrogens (tertiary/aromatic N) is 1. The van der Waals surface area contributed by atoms with Crippen LogP contribution in [0.5, 0.6) is 0 Å². The number of nitrogens with one attached hydrogen (secondary N) is 1. The Morgan fingerprint density at radius 2 is 2.00 bits per heavy atom. The molecule has 0 aromatic heterocycles. The molecule has 1 aromatic rings. The summed E-state index contributed by atoms with van der Waals surface area (Å²) in [5.74, 6) is -0.247. The van der Waals surface area contributed by atoms with Gasteiger partial charge in [-0.05, 0) is 30.8 Å². The van der Waals surface area contributed by atoms with Crippen LogP contribution in [-0.2, 0) is 6.61 Å². The molecular formula is C14H23BrClN3O2. The van der Waals surface area contributed by atoms with Crippen molar-refractivity contribution in [3.8, 4) is 0 Å². The number of carbonyl (C=O) groups is 1. The molecule has 21 heavy (non-hydrogen) atoms. The van der Waals surface area contributed by atoms with Crippen LogP contribution < -0.4 is 11.1 Å². The zero-order valence-corrected chi connectivity index (χ0v) is 14.8. The number of aliphatic hydroxyl groups is 1. The van der Waals surface area contributed by atoms with Crippen molar-refractivity contribution in [2.45, 2.75) is 20.5 Å². The molecule has 0 saturated carbocycles. The fourth-order valence-electron chi connectivity index (χ4n) is 1.94. The highest BCUT2D eigenvalue weighted by Gasteiger charge is 2.13. The highest BCUT2D eigenvalue weighted by molar-refractivity contribution is 8.93. The van der Waals surface area contributed by atoms with Gasteiger partial charge >= 0.3 is 0 Å². The molecule has 0 bridgehead atoms. The van der Waals surface area contributed by atoms with E-state index in [0.717, 1.165) is 19.6 Å². The highest BCUT2D eigenvalue weighted by atomic mass is 79.9. The number of aliphatic hydroxyl groups excluding tert-OH is 1. The van der Waals surface area contributed by atoms with Gasteiger partial charge in [0, 0.05) is 18.7 Å². The molecule has 0 saturated heterocycles. The first kappa shape index (κ1) is 20.2. The molecule has 1 aromatic carbocycles. The van der Waals surface area contributed by atoms with E-state index >= 15 is 0 Å². The maximum atomic E-state index is 12.1. The van der Waals surface area contributed by atoms with Crippen molar-refractivity contribution >= 4 is 40.2 Å². The van der Waals surface area contributed by atoms with Gasteiger partial charge in [-0.1, -0.05) is 25.4 Å². The van der Waals surface area contributed by atoms with Crippen molar-refractivity contribution in [2.24, 2.45) is 0 Å². The number of amides is 1. The zero-order valence-electron chi connectivity index (χ0n) is 12.4. The van der Waals surface area contributed by atoms with Gasteiger partial charge in [0.15, 0.2) is 0 Å². The molecule has 7 heteroatoms. The number of hydrogen-bond donors (Lipinski definition) is 3. The second-order valence-corrected chi connectivity index (χ2v) is 4.88. The maximum absolute atomic E-state index is 12.1. The summed E-state index contributed by atoms with van der Waals surface area (Å²) in [6.07, 6.45) is 0. The van der Waals surface area contributed by atoms with Crippen molar-refractivity contribution in [1.29, 1.82) is 0 Å². The standard InChI is InChI=1S/C14H22ClN3O2.BrH/c1-3-18(4-2)6-5-17-14(20)11-8-12(15)13(16)7-10(11)9-19;/h7-8,19H,3-6,9,16H2,1-2H3,(H,17,20);1H. The number of nitrogen functional groups attached to an aromatic ring is 1. The summed E-state index contributed by atoms with van der Waals surface area (Å²) in [7, 11) is 0. The molecule has 5 nitrogen and oxygen atoms in total. The van der Waals surface area contributed by atoms with Crippen LogP contribution in [0.3, 0.4) is 0 Å². The van der Waals surface area contributed by atoms with Gasteiger partial charge in [-0.2, -0.15) is 0 Å². The summed E-state index contributed by atoms with van der Waals surface area (Å²) in [6, 6.07) is 3.02. The summed E-state index contributed by atoms with van der Waals surface area (Å²) in [4.78, 5) is 14.3. The van der Waals surface area contributed by atoms with Crippen LogP contribution in [-0.4, -0.2) is 42.1 Å². The van der Waals surface area contributed by atoms with E-state index < -0.39 is 0 Å². The molecule has 0 aliphatic rings. The topological polar surface area (TPSA) is 78.6 Å². The van der Waals surface area contributed by atoms with Gasteiger partial charge < -0.3 is 21.1 Å². The van der Waals surface area contributed by atoms with Crippen molar-refractivity contribution < 1.29 is 9.90 Å². The van der Waals surface area contributed by atoms with E-state index in [1.807, 2.05) is 0 Å². The Balaban J connectivity index is 0.00000400. The Labute approximate surface area is 141 Å². The second-order valence-electron chi connectivity index (χ2n) is 4.47. The third kappa shape index (κ3) is 5.82. The minimum absolute atomic E-state index is 0. The molecule has 0 unspecified atom stereocenters. The fourth-order valence-corrected chi connectivity index (χ4v) is 2.11. The number of halogens is 2. The molecule has 1 rings (SSSR count).